The van der Waals surface area contributed by atoms with Gasteiger partial charge in [0.1, 0.15) is 6.61 Å². The van der Waals surface area contributed by atoms with Gasteiger partial charge in [-0.25, -0.2) is 0 Å². The van der Waals surface area contributed by atoms with E-state index in [4.69, 9.17) is 4.74 Å². The van der Waals surface area contributed by atoms with E-state index in [9.17, 15) is 9.59 Å². The van der Waals surface area contributed by atoms with Gasteiger partial charge in [-0.3, -0.25) is 9.59 Å². The average molecular weight is 269 g/mol. The van der Waals surface area contributed by atoms with Crippen molar-refractivity contribution in [3.63, 3.8) is 0 Å². The molecule has 2 aliphatic heterocycles. The van der Waals surface area contributed by atoms with Crippen molar-refractivity contribution in [2.24, 2.45) is 5.92 Å². The van der Waals surface area contributed by atoms with Crippen LogP contribution in [0.15, 0.2) is 0 Å². The minimum absolute atomic E-state index is 0.00827. The van der Waals surface area contributed by atoms with E-state index in [1.54, 1.807) is 4.90 Å². The number of carbonyl (C=O) groups is 2. The molecule has 0 bridgehead atoms. The summed E-state index contributed by atoms with van der Waals surface area (Å²) in [6.07, 6.45) is 2.05. The van der Waals surface area contributed by atoms with E-state index in [0.717, 1.165) is 25.9 Å². The number of rotatable bonds is 3. The summed E-state index contributed by atoms with van der Waals surface area (Å²) >= 11 is 0. The Bertz CT molecular complexity index is 321. The van der Waals surface area contributed by atoms with Crippen molar-refractivity contribution in [1.82, 2.24) is 15.1 Å². The van der Waals surface area contributed by atoms with Gasteiger partial charge in [0.2, 0.25) is 11.8 Å². The quantitative estimate of drug-likeness (QED) is 0.736. The van der Waals surface area contributed by atoms with E-state index in [2.05, 4.69) is 5.32 Å². The number of piperazine rings is 1. The van der Waals surface area contributed by atoms with Crippen molar-refractivity contribution in [2.75, 3.05) is 53.0 Å². The van der Waals surface area contributed by atoms with Crippen LogP contribution in [0.25, 0.3) is 0 Å². The van der Waals surface area contributed by atoms with Gasteiger partial charge in [-0.05, 0) is 19.4 Å². The lowest BCUT2D eigenvalue weighted by atomic mass is 9.98. The van der Waals surface area contributed by atoms with Gasteiger partial charge in [0.05, 0.1) is 5.92 Å². The minimum Gasteiger partial charge on any atom is -0.375 e. The molecule has 2 rings (SSSR count). The Morgan fingerprint density at radius 3 is 2.47 bits per heavy atom. The van der Waals surface area contributed by atoms with Crippen LogP contribution >= 0.6 is 0 Å². The molecule has 0 radical (unpaired) electrons. The Balaban J connectivity index is 1.79. The second-order valence-corrected chi connectivity index (χ2v) is 5.18. The van der Waals surface area contributed by atoms with E-state index in [0.29, 0.717) is 26.2 Å². The molecule has 2 aliphatic rings. The molecule has 19 heavy (non-hydrogen) atoms. The predicted octanol–water partition coefficient (Wildman–Crippen LogP) is -0.697. The Labute approximate surface area is 114 Å². The van der Waals surface area contributed by atoms with Crippen LogP contribution < -0.4 is 5.32 Å². The molecule has 0 aromatic carbocycles. The van der Waals surface area contributed by atoms with Crippen molar-refractivity contribution >= 4 is 11.8 Å². The van der Waals surface area contributed by atoms with Gasteiger partial charge in [-0.1, -0.05) is 0 Å². The zero-order valence-corrected chi connectivity index (χ0v) is 11.6. The van der Waals surface area contributed by atoms with Gasteiger partial charge in [-0.15, -0.1) is 0 Å². The monoisotopic (exact) mass is 269 g/mol. The van der Waals surface area contributed by atoms with Gasteiger partial charge in [0, 0.05) is 39.8 Å². The Morgan fingerprint density at radius 2 is 1.89 bits per heavy atom. The maximum atomic E-state index is 12.3. The van der Waals surface area contributed by atoms with E-state index in [1.807, 2.05) is 4.90 Å². The summed E-state index contributed by atoms with van der Waals surface area (Å²) in [6.45, 7) is 4.46. The molecule has 6 heteroatoms. The Kier molecular flexibility index (Phi) is 5.15. The van der Waals surface area contributed by atoms with Gasteiger partial charge >= 0.3 is 0 Å². The molecular formula is C13H23N3O3. The zero-order chi connectivity index (χ0) is 13.7. The van der Waals surface area contributed by atoms with Crippen LogP contribution in [0.3, 0.4) is 0 Å². The first-order valence-corrected chi connectivity index (χ1v) is 6.98. The molecule has 1 atom stereocenters. The van der Waals surface area contributed by atoms with Crippen molar-refractivity contribution in [3.05, 3.63) is 0 Å². The molecule has 0 saturated carbocycles. The second-order valence-electron chi connectivity index (χ2n) is 5.18. The molecular weight excluding hydrogens is 246 g/mol. The number of piperidine rings is 1. The van der Waals surface area contributed by atoms with Crippen LogP contribution in [0, 0.1) is 5.92 Å². The highest BCUT2D eigenvalue weighted by Crippen LogP contribution is 2.15. The lowest BCUT2D eigenvalue weighted by Gasteiger charge is -2.37. The first kappa shape index (κ1) is 14.3. The zero-order valence-electron chi connectivity index (χ0n) is 11.6. The third-order valence-corrected chi connectivity index (χ3v) is 3.86. The molecule has 108 valence electrons. The first-order valence-electron chi connectivity index (χ1n) is 6.98. The molecule has 2 amide bonds. The third kappa shape index (κ3) is 3.67. The lowest BCUT2D eigenvalue weighted by molar-refractivity contribution is -0.144. The molecule has 0 aromatic heterocycles. The smallest absolute Gasteiger partial charge is 0.248 e. The summed E-state index contributed by atoms with van der Waals surface area (Å²) in [4.78, 5) is 27.6. The number of hydrogen-bond acceptors (Lipinski definition) is 4. The van der Waals surface area contributed by atoms with Crippen LogP contribution in [0.2, 0.25) is 0 Å². The maximum Gasteiger partial charge on any atom is 0.248 e. The second kappa shape index (κ2) is 6.86. The molecule has 2 heterocycles. The average Bonchev–Trinajstić information content (AvgIpc) is 2.48. The van der Waals surface area contributed by atoms with Crippen molar-refractivity contribution in [1.29, 1.82) is 0 Å². The predicted molar refractivity (Wildman–Crippen MR) is 70.6 cm³/mol. The number of amides is 2. The highest BCUT2D eigenvalue weighted by atomic mass is 16.5. The Morgan fingerprint density at radius 1 is 1.21 bits per heavy atom. The van der Waals surface area contributed by atoms with Crippen LogP contribution in [-0.4, -0.2) is 74.6 Å². The summed E-state index contributed by atoms with van der Waals surface area (Å²) in [5.74, 6) is 0.370. The summed E-state index contributed by atoms with van der Waals surface area (Å²) < 4.78 is 4.85. The summed E-state index contributed by atoms with van der Waals surface area (Å²) in [5.41, 5.74) is 0. The molecule has 0 aliphatic carbocycles. The highest BCUT2D eigenvalue weighted by molar-refractivity contribution is 5.80. The summed E-state index contributed by atoms with van der Waals surface area (Å²) in [5, 5.41) is 3.27. The van der Waals surface area contributed by atoms with Gasteiger partial charge in [0.15, 0.2) is 0 Å². The number of hydrogen-bond donors (Lipinski definition) is 1. The van der Waals surface area contributed by atoms with E-state index in [-0.39, 0.29) is 24.3 Å². The van der Waals surface area contributed by atoms with Crippen molar-refractivity contribution in [3.8, 4) is 0 Å². The van der Waals surface area contributed by atoms with Gasteiger partial charge < -0.3 is 19.9 Å². The molecule has 1 N–H and O–H groups in total. The Hall–Kier alpha value is -1.14. The fourth-order valence-corrected chi connectivity index (χ4v) is 2.71. The van der Waals surface area contributed by atoms with Crippen LogP contribution in [0.4, 0.5) is 0 Å². The van der Waals surface area contributed by atoms with E-state index >= 15 is 0 Å². The molecule has 2 saturated heterocycles. The van der Waals surface area contributed by atoms with Crippen LogP contribution in [0.1, 0.15) is 12.8 Å². The van der Waals surface area contributed by atoms with E-state index < -0.39 is 0 Å². The standard InChI is InChI=1S/C13H23N3O3/c1-19-10-12(17)15-5-7-16(8-6-15)13(18)11-3-2-4-14-9-11/h11,14H,2-10H2,1H3. The largest absolute Gasteiger partial charge is 0.375 e. The summed E-state index contributed by atoms with van der Waals surface area (Å²) in [6, 6.07) is 0. The van der Waals surface area contributed by atoms with Gasteiger partial charge in [0.25, 0.3) is 0 Å². The topological polar surface area (TPSA) is 61.9 Å². The number of nitrogens with one attached hydrogen (secondary N) is 1. The fraction of sp³-hybridized carbons (Fsp3) is 0.846. The lowest BCUT2D eigenvalue weighted by Crippen LogP contribution is -2.53. The number of ether oxygens (including phenoxy) is 1. The molecule has 0 aromatic rings. The molecule has 2 fully saturated rings. The fourth-order valence-electron chi connectivity index (χ4n) is 2.71. The minimum atomic E-state index is 0.00827. The number of methoxy groups -OCH3 is 1. The third-order valence-electron chi connectivity index (χ3n) is 3.86. The van der Waals surface area contributed by atoms with Crippen molar-refractivity contribution in [2.45, 2.75) is 12.8 Å². The van der Waals surface area contributed by atoms with Crippen molar-refractivity contribution < 1.29 is 14.3 Å². The normalized spacial score (nSPS) is 24.4. The van der Waals surface area contributed by atoms with Crippen LogP contribution in [-0.2, 0) is 14.3 Å². The maximum absolute atomic E-state index is 12.3. The molecule has 0 spiro atoms. The summed E-state index contributed by atoms with van der Waals surface area (Å²) in [7, 11) is 1.52. The first-order chi connectivity index (χ1) is 9.22. The number of carbonyl (C=O) groups excluding carboxylic acids is 2. The highest BCUT2D eigenvalue weighted by Gasteiger charge is 2.29. The van der Waals surface area contributed by atoms with Crippen LogP contribution in [0.5, 0.6) is 0 Å². The number of nitrogens with zero attached hydrogens (tertiary/aromatic N) is 2. The van der Waals surface area contributed by atoms with Gasteiger partial charge in [-0.2, -0.15) is 0 Å². The van der Waals surface area contributed by atoms with E-state index in [1.165, 1.54) is 7.11 Å². The SMILES string of the molecule is COCC(=O)N1CCN(C(=O)C2CCCNC2)CC1. The molecule has 6 nitrogen and oxygen atoms in total. The molecule has 1 unspecified atom stereocenters.